The predicted octanol–water partition coefficient (Wildman–Crippen LogP) is 6.95. The van der Waals surface area contributed by atoms with Crippen LogP contribution in [0.3, 0.4) is 0 Å². The number of nitrogens with zero attached hydrogens (tertiary/aromatic N) is 4. The Hall–Kier alpha value is -3.71. The number of fused-ring (bicyclic) bond motifs is 1. The third kappa shape index (κ3) is 10.3. The number of benzene rings is 2. The fraction of sp³-hybridized carbons (Fsp3) is 0.462. The lowest BCUT2D eigenvalue weighted by Gasteiger charge is -2.30. The van der Waals surface area contributed by atoms with E-state index in [1.807, 2.05) is 73.0 Å². The first kappa shape index (κ1) is 46.4. The molecule has 294 valence electrons. The maximum Gasteiger partial charge on any atom is 0.407 e. The molecule has 54 heavy (non-hydrogen) atoms. The third-order valence-corrected chi connectivity index (χ3v) is 9.88. The van der Waals surface area contributed by atoms with Crippen LogP contribution in [0.1, 0.15) is 101 Å². The monoisotopic (exact) mass is 813 g/mol. The molecule has 2 aromatic heterocycles. The summed E-state index contributed by atoms with van der Waals surface area (Å²) < 4.78 is 4.74. The van der Waals surface area contributed by atoms with Gasteiger partial charge in [0.05, 0.1) is 42.1 Å². The summed E-state index contributed by atoms with van der Waals surface area (Å²) in [5.41, 5.74) is 5.37. The van der Waals surface area contributed by atoms with E-state index in [-0.39, 0.29) is 89.7 Å². The van der Waals surface area contributed by atoms with Crippen molar-refractivity contribution in [2.75, 3.05) is 20.2 Å². The third-order valence-electron chi connectivity index (χ3n) is 9.88. The number of ether oxygens (including phenoxy) is 1. The number of methoxy groups -OCH3 is 1. The van der Waals surface area contributed by atoms with Crippen LogP contribution >= 0.6 is 54.0 Å². The molecule has 2 aromatic carbocycles. The van der Waals surface area contributed by atoms with Gasteiger partial charge in [0.2, 0.25) is 11.8 Å². The average molecular weight is 814 g/mol. The number of H-pyrrole nitrogens is 2. The number of hydrogen-bond donors (Lipinski definition) is 3. The standard InChI is InChI=1S/C39H47N7O4.4H2S/c1-6-9-25(4)37(47)45-20-8-11-33(45)36-41-29-19-16-27(22-30(29)42-36)13-12-26-14-17-28(18-15-26)31-23-40-35(43-31)32-10-7-21-46(32)38(48)34(24(2)3)44-39(49)50-5;;;;/h14-19,22-25,32-34H,6-11,20-21H2,1-5H3,(H,40,43)(H,41,42)(H,44,49);4*1H2/t25-,32-,33-,34-;;;;/m0..../s1. The number of nitrogens with one attached hydrogen (secondary N) is 3. The lowest BCUT2D eigenvalue weighted by Crippen LogP contribution is -2.51. The number of hydrogen-bond acceptors (Lipinski definition) is 6. The molecular weight excluding hydrogens is 759 g/mol. The van der Waals surface area contributed by atoms with Crippen molar-refractivity contribution in [3.05, 3.63) is 71.4 Å². The molecule has 4 heterocycles. The van der Waals surface area contributed by atoms with Gasteiger partial charge in [-0.2, -0.15) is 54.0 Å². The van der Waals surface area contributed by atoms with Crippen LogP contribution in [0, 0.1) is 23.7 Å². The highest BCUT2D eigenvalue weighted by Crippen LogP contribution is 2.34. The zero-order valence-electron chi connectivity index (χ0n) is 31.6. The first-order chi connectivity index (χ1) is 24.2. The molecule has 2 saturated heterocycles. The van der Waals surface area contributed by atoms with Crippen LogP contribution in [0.25, 0.3) is 22.3 Å². The molecule has 4 aromatic rings. The largest absolute Gasteiger partial charge is 0.453 e. The van der Waals surface area contributed by atoms with Crippen LogP contribution in [0.15, 0.2) is 48.7 Å². The summed E-state index contributed by atoms with van der Waals surface area (Å²) >= 11 is 0. The second-order valence-electron chi connectivity index (χ2n) is 13.8. The lowest BCUT2D eigenvalue weighted by atomic mass is 10.0. The quantitative estimate of drug-likeness (QED) is 0.157. The van der Waals surface area contributed by atoms with Crippen molar-refractivity contribution < 1.29 is 19.1 Å². The van der Waals surface area contributed by atoms with E-state index in [0.29, 0.717) is 6.54 Å². The van der Waals surface area contributed by atoms with Crippen LogP contribution < -0.4 is 5.32 Å². The Morgan fingerprint density at radius 1 is 0.870 bits per heavy atom. The molecule has 3 amide bonds. The zero-order chi connectivity index (χ0) is 35.4. The molecule has 2 aliphatic heterocycles. The van der Waals surface area contributed by atoms with Crippen molar-refractivity contribution in [2.45, 2.75) is 84.3 Å². The number of amides is 3. The van der Waals surface area contributed by atoms with E-state index in [1.165, 1.54) is 7.11 Å². The summed E-state index contributed by atoms with van der Waals surface area (Å²) in [4.78, 5) is 58.7. The highest BCUT2D eigenvalue weighted by atomic mass is 32.1. The lowest BCUT2D eigenvalue weighted by molar-refractivity contribution is -0.136. The van der Waals surface area contributed by atoms with Crippen LogP contribution in [0.5, 0.6) is 0 Å². The summed E-state index contributed by atoms with van der Waals surface area (Å²) in [6.07, 6.45) is 6.63. The van der Waals surface area contributed by atoms with E-state index in [0.717, 1.165) is 90.1 Å². The van der Waals surface area contributed by atoms with Crippen molar-refractivity contribution in [1.29, 1.82) is 0 Å². The SMILES string of the molecule is CCC[C@H](C)C(=O)N1CCC[C@H]1c1nc2ccc(C#Cc3ccc(-c4cnc([C@@H]5CCCN5C(=O)[C@@H](NC(=O)OC)C(C)C)[nH]4)cc3)cc2[nH]1.S.S.S.S. The van der Waals surface area contributed by atoms with Crippen molar-refractivity contribution in [3.63, 3.8) is 0 Å². The van der Waals surface area contributed by atoms with Gasteiger partial charge in [-0.1, -0.05) is 58.1 Å². The number of carbonyl (C=O) groups excluding carboxylic acids is 3. The van der Waals surface area contributed by atoms with E-state index in [1.54, 1.807) is 6.20 Å². The summed E-state index contributed by atoms with van der Waals surface area (Å²) in [7, 11) is 1.29. The molecule has 6 rings (SSSR count). The number of alkyl carbamates (subject to hydrolysis) is 1. The molecule has 0 aliphatic carbocycles. The molecule has 4 atom stereocenters. The molecule has 3 N–H and O–H groups in total. The van der Waals surface area contributed by atoms with Crippen molar-refractivity contribution in [2.24, 2.45) is 11.8 Å². The topological polar surface area (TPSA) is 136 Å². The Morgan fingerprint density at radius 2 is 1.48 bits per heavy atom. The van der Waals surface area contributed by atoms with Gasteiger partial charge < -0.3 is 29.8 Å². The van der Waals surface area contributed by atoms with Gasteiger partial charge in [-0.05, 0) is 73.9 Å². The maximum absolute atomic E-state index is 13.5. The first-order valence-corrected chi connectivity index (χ1v) is 17.8. The molecular formula is C39H55N7O4S4. The van der Waals surface area contributed by atoms with Crippen LogP contribution in [-0.4, -0.2) is 73.9 Å². The summed E-state index contributed by atoms with van der Waals surface area (Å²) in [6, 6.07) is 13.1. The van der Waals surface area contributed by atoms with Crippen LogP contribution in [0.4, 0.5) is 4.79 Å². The molecule has 0 saturated carbocycles. The molecule has 2 aliphatic rings. The average Bonchev–Trinajstić information content (AvgIpc) is 3.95. The smallest absolute Gasteiger partial charge is 0.407 e. The molecule has 15 heteroatoms. The predicted molar refractivity (Wildman–Crippen MR) is 233 cm³/mol. The highest BCUT2D eigenvalue weighted by molar-refractivity contribution is 7.59. The first-order valence-electron chi connectivity index (χ1n) is 17.8. The Bertz CT molecular complexity index is 1920. The second-order valence-corrected chi connectivity index (χ2v) is 13.8. The van der Waals surface area contributed by atoms with E-state index in [2.05, 4.69) is 39.0 Å². The molecule has 2 fully saturated rings. The fourth-order valence-corrected chi connectivity index (χ4v) is 7.14. The molecule has 0 unspecified atom stereocenters. The Kier molecular flexibility index (Phi) is 17.9. The Morgan fingerprint density at radius 3 is 2.11 bits per heavy atom. The summed E-state index contributed by atoms with van der Waals surface area (Å²) in [5, 5.41) is 2.69. The number of likely N-dealkylation sites (tertiary alicyclic amines) is 2. The van der Waals surface area contributed by atoms with E-state index in [9.17, 15) is 14.4 Å². The fourth-order valence-electron chi connectivity index (χ4n) is 7.14. The highest BCUT2D eigenvalue weighted by Gasteiger charge is 2.38. The van der Waals surface area contributed by atoms with E-state index in [4.69, 9.17) is 9.72 Å². The minimum absolute atomic E-state index is 0. The number of aromatic nitrogens is 4. The number of rotatable bonds is 9. The normalized spacial score (nSPS) is 17.2. The zero-order valence-corrected chi connectivity index (χ0v) is 35.6. The molecule has 11 nitrogen and oxygen atoms in total. The minimum atomic E-state index is -0.677. The van der Waals surface area contributed by atoms with Crippen LogP contribution in [0.2, 0.25) is 0 Å². The van der Waals surface area contributed by atoms with Gasteiger partial charge in [-0.25, -0.2) is 14.8 Å². The Labute approximate surface area is 346 Å². The van der Waals surface area contributed by atoms with Gasteiger partial charge in [0, 0.05) is 30.1 Å². The van der Waals surface area contributed by atoms with E-state index < -0.39 is 12.1 Å². The second kappa shape index (κ2) is 20.8. The number of imidazole rings is 2. The van der Waals surface area contributed by atoms with Crippen molar-refractivity contribution >= 4 is 82.9 Å². The van der Waals surface area contributed by atoms with Gasteiger partial charge in [-0.3, -0.25) is 9.59 Å². The summed E-state index contributed by atoms with van der Waals surface area (Å²) in [6.45, 7) is 9.33. The number of carbonyl (C=O) groups is 3. The minimum Gasteiger partial charge on any atom is -0.453 e. The van der Waals surface area contributed by atoms with Crippen LogP contribution in [-0.2, 0) is 14.3 Å². The Balaban J connectivity index is 0.00000252. The van der Waals surface area contributed by atoms with Gasteiger partial charge in [0.15, 0.2) is 0 Å². The molecule has 0 spiro atoms. The van der Waals surface area contributed by atoms with Crippen molar-refractivity contribution in [3.8, 4) is 23.1 Å². The van der Waals surface area contributed by atoms with Gasteiger partial charge >= 0.3 is 6.09 Å². The maximum atomic E-state index is 13.5. The van der Waals surface area contributed by atoms with Gasteiger partial charge in [0.25, 0.3) is 0 Å². The molecule has 0 radical (unpaired) electrons. The van der Waals surface area contributed by atoms with Gasteiger partial charge in [-0.15, -0.1) is 0 Å². The van der Waals surface area contributed by atoms with Gasteiger partial charge in [0.1, 0.15) is 17.7 Å². The van der Waals surface area contributed by atoms with Crippen molar-refractivity contribution in [1.82, 2.24) is 35.1 Å². The number of aromatic amines is 2. The summed E-state index contributed by atoms with van der Waals surface area (Å²) in [5.74, 6) is 8.15. The van der Waals surface area contributed by atoms with E-state index >= 15 is 0 Å². The molecule has 0 bridgehead atoms.